The average Bonchev–Trinajstić information content (AvgIpc) is 3.01. The number of aryl methyl sites for hydroxylation is 2. The molecule has 1 aliphatic heterocycles. The minimum absolute atomic E-state index is 0.0382. The largest absolute Gasteiger partial charge is 0.481 e. The molecule has 1 saturated heterocycles. The van der Waals surface area contributed by atoms with Crippen LogP contribution in [-0.2, 0) is 16.1 Å². The number of aliphatic carboxylic acids is 1. The molecule has 1 aliphatic rings. The first-order chi connectivity index (χ1) is 13.9. The summed E-state index contributed by atoms with van der Waals surface area (Å²) in [4.78, 5) is 28.4. The first-order valence-corrected chi connectivity index (χ1v) is 9.86. The molecule has 2 aromatic rings. The van der Waals surface area contributed by atoms with Crippen LogP contribution in [0, 0.1) is 19.8 Å². The van der Waals surface area contributed by atoms with Gasteiger partial charge < -0.3 is 14.9 Å². The second-order valence-corrected chi connectivity index (χ2v) is 7.53. The fourth-order valence-electron chi connectivity index (χ4n) is 3.58. The second-order valence-electron chi connectivity index (χ2n) is 7.53. The summed E-state index contributed by atoms with van der Waals surface area (Å²) in [7, 11) is 0. The first kappa shape index (κ1) is 21.0. The Kier molecular flexibility index (Phi) is 7.00. The molecule has 3 rings (SSSR count). The molecule has 1 atom stereocenters. The predicted octanol–water partition coefficient (Wildman–Crippen LogP) is 2.14. The third-order valence-electron chi connectivity index (χ3n) is 5.35. The molecule has 1 amide bonds. The summed E-state index contributed by atoms with van der Waals surface area (Å²) >= 11 is 0. The van der Waals surface area contributed by atoms with Crippen LogP contribution in [0.1, 0.15) is 23.4 Å². The highest BCUT2D eigenvalue weighted by Crippen LogP contribution is 2.17. The Hall–Kier alpha value is -2.71. The van der Waals surface area contributed by atoms with Crippen LogP contribution in [0.4, 0.5) is 5.69 Å². The van der Waals surface area contributed by atoms with Crippen LogP contribution in [-0.4, -0.2) is 64.7 Å². The number of anilines is 1. The lowest BCUT2D eigenvalue weighted by molar-refractivity contribution is -0.144. The van der Waals surface area contributed by atoms with Gasteiger partial charge in [0.2, 0.25) is 5.91 Å². The Morgan fingerprint density at radius 1 is 1.14 bits per heavy atom. The number of carbonyl (C=O) groups is 2. The molecular weight excluding hydrogens is 372 g/mol. The van der Waals surface area contributed by atoms with Crippen LogP contribution < -0.4 is 5.32 Å². The number of aromatic nitrogens is 1. The molecule has 156 valence electrons. The molecule has 1 aromatic carbocycles. The maximum absolute atomic E-state index is 12.2. The van der Waals surface area contributed by atoms with Crippen LogP contribution in [0.2, 0.25) is 0 Å². The lowest BCUT2D eigenvalue weighted by Gasteiger charge is -2.35. The van der Waals surface area contributed by atoms with Crippen LogP contribution in [0.5, 0.6) is 0 Å². The fourth-order valence-corrected chi connectivity index (χ4v) is 3.58. The monoisotopic (exact) mass is 400 g/mol. The van der Waals surface area contributed by atoms with Gasteiger partial charge in [0.15, 0.2) is 0 Å². The maximum atomic E-state index is 12.2. The van der Waals surface area contributed by atoms with Crippen molar-refractivity contribution in [3.05, 3.63) is 47.3 Å². The van der Waals surface area contributed by atoms with Gasteiger partial charge in [0.1, 0.15) is 5.76 Å². The number of carboxylic acids is 1. The number of nitrogens with one attached hydrogen (secondary N) is 1. The molecule has 0 unspecified atom stereocenters. The van der Waals surface area contributed by atoms with Crippen LogP contribution >= 0.6 is 0 Å². The Bertz CT molecular complexity index is 809. The van der Waals surface area contributed by atoms with E-state index in [4.69, 9.17) is 4.52 Å². The highest BCUT2D eigenvalue weighted by atomic mass is 16.5. The van der Waals surface area contributed by atoms with E-state index < -0.39 is 11.9 Å². The van der Waals surface area contributed by atoms with Crippen LogP contribution in [0.3, 0.4) is 0 Å². The third-order valence-corrected chi connectivity index (χ3v) is 5.35. The summed E-state index contributed by atoms with van der Waals surface area (Å²) in [6.07, 6.45) is -0.0382. The molecular formula is C21H28N4O4. The van der Waals surface area contributed by atoms with Gasteiger partial charge in [-0.05, 0) is 26.0 Å². The minimum Gasteiger partial charge on any atom is -0.481 e. The molecule has 0 bridgehead atoms. The lowest BCUT2D eigenvalue weighted by Crippen LogP contribution is -2.48. The van der Waals surface area contributed by atoms with E-state index in [9.17, 15) is 14.7 Å². The number of nitrogens with zero attached hydrogens (tertiary/aromatic N) is 3. The first-order valence-electron chi connectivity index (χ1n) is 9.86. The zero-order chi connectivity index (χ0) is 20.8. The molecule has 0 saturated carbocycles. The Balaban J connectivity index is 1.48. The summed E-state index contributed by atoms with van der Waals surface area (Å²) in [5.41, 5.74) is 2.72. The Morgan fingerprint density at radius 2 is 1.79 bits per heavy atom. The Labute approximate surface area is 170 Å². The van der Waals surface area contributed by atoms with Crippen molar-refractivity contribution in [3.63, 3.8) is 0 Å². The zero-order valence-electron chi connectivity index (χ0n) is 16.9. The van der Waals surface area contributed by atoms with E-state index in [-0.39, 0.29) is 12.3 Å². The van der Waals surface area contributed by atoms with Gasteiger partial charge in [0.25, 0.3) is 0 Å². The highest BCUT2D eigenvalue weighted by Gasteiger charge is 2.27. The molecule has 0 radical (unpaired) electrons. The van der Waals surface area contributed by atoms with Gasteiger partial charge in [0.05, 0.1) is 11.6 Å². The molecule has 8 heteroatoms. The van der Waals surface area contributed by atoms with Crippen molar-refractivity contribution in [2.24, 2.45) is 5.92 Å². The standard InChI is InChI=1S/C21H28N4O4/c1-15-19(16(2)29-23-15)14-25-10-8-24(9-11-25)13-17(21(27)28)12-20(26)22-18-6-4-3-5-7-18/h3-7,17H,8-14H2,1-2H3,(H,22,26)(H,27,28)/t17-/m0/s1. The van der Waals surface area contributed by atoms with Gasteiger partial charge in [-0.3, -0.25) is 19.4 Å². The van der Waals surface area contributed by atoms with Gasteiger partial charge >= 0.3 is 5.97 Å². The maximum Gasteiger partial charge on any atom is 0.308 e. The third kappa shape index (κ3) is 5.88. The van der Waals surface area contributed by atoms with Crippen molar-refractivity contribution >= 4 is 17.6 Å². The number of hydrogen-bond donors (Lipinski definition) is 2. The van der Waals surface area contributed by atoms with Gasteiger partial charge in [-0.2, -0.15) is 0 Å². The molecule has 8 nitrogen and oxygen atoms in total. The van der Waals surface area contributed by atoms with E-state index >= 15 is 0 Å². The molecule has 2 N–H and O–H groups in total. The van der Waals surface area contributed by atoms with E-state index in [0.29, 0.717) is 12.2 Å². The van der Waals surface area contributed by atoms with Crippen molar-refractivity contribution in [2.45, 2.75) is 26.8 Å². The van der Waals surface area contributed by atoms with Gasteiger partial charge in [-0.15, -0.1) is 0 Å². The summed E-state index contributed by atoms with van der Waals surface area (Å²) in [6, 6.07) is 9.08. The zero-order valence-corrected chi connectivity index (χ0v) is 16.9. The fraction of sp³-hybridized carbons (Fsp3) is 0.476. The predicted molar refractivity (Wildman–Crippen MR) is 109 cm³/mol. The number of rotatable bonds is 8. The Morgan fingerprint density at radius 3 is 2.38 bits per heavy atom. The summed E-state index contributed by atoms with van der Waals surface area (Å²) in [5, 5.41) is 16.3. The topological polar surface area (TPSA) is 98.9 Å². The van der Waals surface area contributed by atoms with Crippen molar-refractivity contribution in [3.8, 4) is 0 Å². The van der Waals surface area contributed by atoms with Crippen molar-refractivity contribution in [2.75, 3.05) is 38.0 Å². The average molecular weight is 400 g/mol. The van der Waals surface area contributed by atoms with E-state index in [1.54, 1.807) is 12.1 Å². The second kappa shape index (κ2) is 9.67. The highest BCUT2D eigenvalue weighted by molar-refractivity contribution is 5.93. The molecule has 1 aromatic heterocycles. The van der Waals surface area contributed by atoms with E-state index in [1.165, 1.54) is 0 Å². The quantitative estimate of drug-likeness (QED) is 0.700. The number of piperazine rings is 1. The number of hydrogen-bond acceptors (Lipinski definition) is 6. The van der Waals surface area contributed by atoms with E-state index in [2.05, 4.69) is 20.3 Å². The molecule has 0 aliphatic carbocycles. The van der Waals surface area contributed by atoms with E-state index in [0.717, 1.165) is 49.7 Å². The van der Waals surface area contributed by atoms with Crippen LogP contribution in [0.15, 0.2) is 34.9 Å². The number of carboxylic acid groups (broad SMARTS) is 1. The van der Waals surface area contributed by atoms with Gasteiger partial charge in [-0.25, -0.2) is 0 Å². The van der Waals surface area contributed by atoms with Crippen molar-refractivity contribution < 1.29 is 19.2 Å². The lowest BCUT2D eigenvalue weighted by atomic mass is 10.0. The molecule has 2 heterocycles. The van der Waals surface area contributed by atoms with Crippen LogP contribution in [0.25, 0.3) is 0 Å². The molecule has 29 heavy (non-hydrogen) atoms. The van der Waals surface area contributed by atoms with Gasteiger partial charge in [-0.1, -0.05) is 23.4 Å². The molecule has 0 spiro atoms. The van der Waals surface area contributed by atoms with Crippen molar-refractivity contribution in [1.82, 2.24) is 15.0 Å². The number of para-hydroxylation sites is 1. The SMILES string of the molecule is Cc1noc(C)c1CN1CCN(C[C@H](CC(=O)Nc2ccccc2)C(=O)O)CC1. The smallest absolute Gasteiger partial charge is 0.308 e. The number of carbonyl (C=O) groups excluding carboxylic acids is 1. The summed E-state index contributed by atoms with van der Waals surface area (Å²) < 4.78 is 5.23. The normalized spacial score (nSPS) is 16.5. The number of amides is 1. The van der Waals surface area contributed by atoms with E-state index in [1.807, 2.05) is 32.0 Å². The number of benzene rings is 1. The van der Waals surface area contributed by atoms with Crippen molar-refractivity contribution in [1.29, 1.82) is 0 Å². The minimum atomic E-state index is -0.939. The summed E-state index contributed by atoms with van der Waals surface area (Å²) in [6.45, 7) is 8.25. The molecule has 1 fully saturated rings. The van der Waals surface area contributed by atoms with Gasteiger partial charge in [0, 0.05) is 56.9 Å². The summed E-state index contributed by atoms with van der Waals surface area (Å²) in [5.74, 6) is -1.10.